The maximum Gasteiger partial charge on any atom is 0.416 e. The molecule has 0 aromatic heterocycles. The van der Waals surface area contributed by atoms with Gasteiger partial charge in [0.1, 0.15) is 0 Å². The summed E-state index contributed by atoms with van der Waals surface area (Å²) in [6.45, 7) is 0. The topological polar surface area (TPSA) is 63.7 Å². The van der Waals surface area contributed by atoms with E-state index >= 15 is 0 Å². The van der Waals surface area contributed by atoms with Crippen molar-refractivity contribution in [3.63, 3.8) is 0 Å². The molecular weight excluding hydrogens is 519 g/mol. The molecule has 0 atom stereocenters. The molecule has 1 aliphatic rings. The monoisotopic (exact) mass is 535 g/mol. The average molecular weight is 536 g/mol. The zero-order valence-electron chi connectivity index (χ0n) is 19.4. The summed E-state index contributed by atoms with van der Waals surface area (Å²) in [5.74, 6) is -2.50. The van der Waals surface area contributed by atoms with Gasteiger partial charge in [0.15, 0.2) is 6.10 Å². The van der Waals surface area contributed by atoms with Crippen LogP contribution in [0.25, 0.3) is 0 Å². The first-order chi connectivity index (χ1) is 18.1. The number of halogens is 4. The normalized spacial score (nSPS) is 13.1. The first-order valence-electron chi connectivity index (χ1n) is 11.4. The molecular formula is C29H17ClF3NO4. The SMILES string of the molecule is O=C(OC(c1ccccc1)c1ccccc1)c1ccc2c(c1)C(=O)N(c1cc(C(F)(F)F)ccc1Cl)C2=O. The summed E-state index contributed by atoms with van der Waals surface area (Å²) in [6.07, 6.45) is -5.45. The van der Waals surface area contributed by atoms with Crippen LogP contribution in [0, 0.1) is 0 Å². The van der Waals surface area contributed by atoms with Crippen molar-refractivity contribution in [3.05, 3.63) is 135 Å². The van der Waals surface area contributed by atoms with Crippen LogP contribution in [0.5, 0.6) is 0 Å². The van der Waals surface area contributed by atoms with E-state index in [-0.39, 0.29) is 21.7 Å². The smallest absolute Gasteiger partial charge is 0.416 e. The quantitative estimate of drug-likeness (QED) is 0.202. The van der Waals surface area contributed by atoms with Crippen molar-refractivity contribution in [3.8, 4) is 0 Å². The van der Waals surface area contributed by atoms with Gasteiger partial charge in [-0.3, -0.25) is 9.59 Å². The van der Waals surface area contributed by atoms with Gasteiger partial charge in [0, 0.05) is 0 Å². The van der Waals surface area contributed by atoms with Gasteiger partial charge in [-0.2, -0.15) is 13.2 Å². The zero-order valence-corrected chi connectivity index (χ0v) is 20.2. The fourth-order valence-electron chi connectivity index (χ4n) is 4.21. The number of alkyl halides is 3. The number of hydrogen-bond acceptors (Lipinski definition) is 4. The lowest BCUT2D eigenvalue weighted by molar-refractivity contribution is -0.137. The number of esters is 1. The highest BCUT2D eigenvalue weighted by Gasteiger charge is 2.40. The summed E-state index contributed by atoms with van der Waals surface area (Å²) in [5.41, 5.74) is -0.222. The molecule has 0 N–H and O–H groups in total. The number of amides is 2. The highest BCUT2D eigenvalue weighted by Crippen LogP contribution is 2.39. The predicted octanol–water partition coefficient (Wildman–Crippen LogP) is 7.11. The number of fused-ring (bicyclic) bond motifs is 1. The highest BCUT2D eigenvalue weighted by molar-refractivity contribution is 6.40. The molecule has 2 amide bonds. The second-order valence-electron chi connectivity index (χ2n) is 8.48. The Morgan fingerprint density at radius 3 is 1.92 bits per heavy atom. The minimum atomic E-state index is -4.71. The Balaban J connectivity index is 1.47. The third-order valence-electron chi connectivity index (χ3n) is 6.07. The molecule has 5 rings (SSSR count). The van der Waals surface area contributed by atoms with Gasteiger partial charge in [-0.1, -0.05) is 72.3 Å². The molecule has 0 unspecified atom stereocenters. The predicted molar refractivity (Wildman–Crippen MR) is 134 cm³/mol. The van der Waals surface area contributed by atoms with Crippen molar-refractivity contribution in [2.45, 2.75) is 12.3 Å². The van der Waals surface area contributed by atoms with Crippen molar-refractivity contribution in [1.82, 2.24) is 0 Å². The van der Waals surface area contributed by atoms with E-state index < -0.39 is 41.3 Å². The van der Waals surface area contributed by atoms with E-state index in [4.69, 9.17) is 16.3 Å². The Morgan fingerprint density at radius 1 is 0.763 bits per heavy atom. The number of imide groups is 1. The van der Waals surface area contributed by atoms with E-state index in [0.29, 0.717) is 11.0 Å². The van der Waals surface area contributed by atoms with Crippen molar-refractivity contribution in [2.75, 3.05) is 4.90 Å². The van der Waals surface area contributed by atoms with Crippen LogP contribution in [0.15, 0.2) is 97.1 Å². The van der Waals surface area contributed by atoms with Crippen LogP contribution in [-0.2, 0) is 10.9 Å². The van der Waals surface area contributed by atoms with Gasteiger partial charge in [-0.25, -0.2) is 9.69 Å². The van der Waals surface area contributed by atoms with Crippen LogP contribution >= 0.6 is 11.6 Å². The number of carbonyl (C=O) groups is 3. The summed E-state index contributed by atoms with van der Waals surface area (Å²) in [4.78, 5) is 39.9. The van der Waals surface area contributed by atoms with Gasteiger partial charge < -0.3 is 4.74 Å². The lowest BCUT2D eigenvalue weighted by Gasteiger charge is -2.19. The molecule has 4 aromatic carbocycles. The van der Waals surface area contributed by atoms with Crippen LogP contribution in [0.4, 0.5) is 18.9 Å². The zero-order chi connectivity index (χ0) is 27.0. The van der Waals surface area contributed by atoms with E-state index in [9.17, 15) is 27.6 Å². The molecule has 190 valence electrons. The standard InChI is InChI=1S/C29H17ClF3NO4/c30-23-14-12-20(29(31,32)33)16-24(23)34-26(35)21-13-11-19(15-22(21)27(34)36)28(37)38-25(17-7-3-1-4-8-17)18-9-5-2-6-10-18/h1-16,25H. The number of carbonyl (C=O) groups excluding carboxylic acids is 3. The molecule has 0 bridgehead atoms. The fraction of sp³-hybridized carbons (Fsp3) is 0.0690. The molecule has 1 aliphatic heterocycles. The number of rotatable bonds is 5. The summed E-state index contributed by atoms with van der Waals surface area (Å²) in [6, 6.07) is 24.3. The molecule has 1 heterocycles. The van der Waals surface area contributed by atoms with Crippen molar-refractivity contribution in [1.29, 1.82) is 0 Å². The van der Waals surface area contributed by atoms with E-state index in [1.165, 1.54) is 18.2 Å². The van der Waals surface area contributed by atoms with Gasteiger partial charge in [-0.05, 0) is 47.5 Å². The van der Waals surface area contributed by atoms with Gasteiger partial charge in [0.25, 0.3) is 11.8 Å². The first-order valence-corrected chi connectivity index (χ1v) is 11.7. The second-order valence-corrected chi connectivity index (χ2v) is 8.88. The molecule has 0 fully saturated rings. The van der Waals surface area contributed by atoms with Crippen LogP contribution in [0.2, 0.25) is 5.02 Å². The summed E-state index contributed by atoms with van der Waals surface area (Å²) >= 11 is 6.07. The molecule has 38 heavy (non-hydrogen) atoms. The molecule has 0 saturated carbocycles. The Hall–Kier alpha value is -4.43. The lowest BCUT2D eigenvalue weighted by Crippen LogP contribution is -2.30. The average Bonchev–Trinajstić information content (AvgIpc) is 3.16. The number of ether oxygens (including phenoxy) is 1. The van der Waals surface area contributed by atoms with Crippen molar-refractivity contribution in [2.24, 2.45) is 0 Å². The van der Waals surface area contributed by atoms with Gasteiger partial charge in [0.05, 0.1) is 33.0 Å². The van der Waals surface area contributed by atoms with Gasteiger partial charge >= 0.3 is 12.1 Å². The van der Waals surface area contributed by atoms with Crippen LogP contribution in [0.1, 0.15) is 53.9 Å². The van der Waals surface area contributed by atoms with Crippen LogP contribution in [0.3, 0.4) is 0 Å². The molecule has 9 heteroatoms. The van der Waals surface area contributed by atoms with Gasteiger partial charge in [0.2, 0.25) is 0 Å². The Morgan fingerprint density at radius 2 is 1.34 bits per heavy atom. The van der Waals surface area contributed by atoms with Crippen LogP contribution < -0.4 is 4.90 Å². The summed E-state index contributed by atoms with van der Waals surface area (Å²) in [7, 11) is 0. The first kappa shape index (κ1) is 25.2. The number of benzene rings is 4. The third kappa shape index (κ3) is 4.66. The molecule has 4 aromatic rings. The Bertz CT molecular complexity index is 1520. The summed E-state index contributed by atoms with van der Waals surface area (Å²) < 4.78 is 45.6. The molecule has 0 radical (unpaired) electrons. The Kier molecular flexibility index (Phi) is 6.50. The minimum Gasteiger partial charge on any atom is -0.449 e. The van der Waals surface area contributed by atoms with E-state index in [2.05, 4.69) is 0 Å². The molecule has 0 aliphatic carbocycles. The molecule has 0 saturated heterocycles. The maximum atomic E-state index is 13.3. The molecule has 5 nitrogen and oxygen atoms in total. The van der Waals surface area contributed by atoms with E-state index in [1.807, 2.05) is 60.7 Å². The van der Waals surface area contributed by atoms with E-state index in [0.717, 1.165) is 23.3 Å². The largest absolute Gasteiger partial charge is 0.449 e. The molecule has 0 spiro atoms. The number of hydrogen-bond donors (Lipinski definition) is 0. The third-order valence-corrected chi connectivity index (χ3v) is 6.39. The Labute approximate surface area is 220 Å². The fourth-order valence-corrected chi connectivity index (χ4v) is 4.41. The highest BCUT2D eigenvalue weighted by atomic mass is 35.5. The van der Waals surface area contributed by atoms with Crippen LogP contribution in [-0.4, -0.2) is 17.8 Å². The lowest BCUT2D eigenvalue weighted by atomic mass is 10.0. The minimum absolute atomic E-state index is 0.00116. The summed E-state index contributed by atoms with van der Waals surface area (Å²) in [5, 5.41) is -0.208. The van der Waals surface area contributed by atoms with Crippen molar-refractivity contribution >= 4 is 35.1 Å². The van der Waals surface area contributed by atoms with Gasteiger partial charge in [-0.15, -0.1) is 0 Å². The number of anilines is 1. The second kappa shape index (κ2) is 9.79. The van der Waals surface area contributed by atoms with E-state index in [1.54, 1.807) is 0 Å². The van der Waals surface area contributed by atoms with Crippen molar-refractivity contribution < 1.29 is 32.3 Å². The maximum absolute atomic E-state index is 13.3. The number of nitrogens with zero attached hydrogens (tertiary/aromatic N) is 1.